The predicted molar refractivity (Wildman–Crippen MR) is 104 cm³/mol. The van der Waals surface area contributed by atoms with Crippen LogP contribution in [-0.4, -0.2) is 32.4 Å². The first-order chi connectivity index (χ1) is 12.0. The van der Waals surface area contributed by atoms with Gasteiger partial charge in [0, 0.05) is 24.7 Å². The second-order valence-electron chi connectivity index (χ2n) is 5.92. The lowest BCUT2D eigenvalue weighted by atomic mass is 10.1. The van der Waals surface area contributed by atoms with E-state index in [1.807, 2.05) is 24.3 Å². The molecule has 26 heavy (non-hydrogen) atoms. The summed E-state index contributed by atoms with van der Waals surface area (Å²) in [5.74, 6) is 0. The van der Waals surface area contributed by atoms with Crippen molar-refractivity contribution in [3.63, 3.8) is 0 Å². The monoisotopic (exact) mass is 411 g/mol. The Hall–Kier alpha value is -1.62. The molecule has 2 aromatic carbocycles. The van der Waals surface area contributed by atoms with E-state index in [0.717, 1.165) is 5.56 Å². The Balaban J connectivity index is 0.00000243. The largest absolute Gasteiger partial charge is 0.313 e. The van der Waals surface area contributed by atoms with Gasteiger partial charge in [0.2, 0.25) is 10.0 Å². The first kappa shape index (κ1) is 20.7. The van der Waals surface area contributed by atoms with Gasteiger partial charge >= 0.3 is 0 Å². The maximum Gasteiger partial charge on any atom is 0.245 e. The highest BCUT2D eigenvalue weighted by atomic mass is 35.5. The van der Waals surface area contributed by atoms with Gasteiger partial charge < -0.3 is 5.32 Å². The van der Waals surface area contributed by atoms with Crippen LogP contribution in [0.2, 0.25) is 5.02 Å². The van der Waals surface area contributed by atoms with Crippen LogP contribution in [0.3, 0.4) is 0 Å². The molecule has 1 aliphatic heterocycles. The number of sulfonamides is 1. The van der Waals surface area contributed by atoms with Crippen molar-refractivity contribution in [2.75, 3.05) is 19.6 Å². The summed E-state index contributed by atoms with van der Waals surface area (Å²) in [4.78, 5) is 0.0500. The zero-order valence-corrected chi connectivity index (χ0v) is 16.5. The van der Waals surface area contributed by atoms with Crippen molar-refractivity contribution in [3.05, 3.63) is 64.2 Å². The quantitative estimate of drug-likeness (QED) is 0.840. The Morgan fingerprint density at radius 1 is 1.23 bits per heavy atom. The molecule has 138 valence electrons. The summed E-state index contributed by atoms with van der Waals surface area (Å²) in [6.07, 6.45) is 0. The normalized spacial score (nSPS) is 18.0. The molecule has 1 fully saturated rings. The number of rotatable bonds is 3. The summed E-state index contributed by atoms with van der Waals surface area (Å²) in [5, 5.41) is 13.2. The van der Waals surface area contributed by atoms with E-state index in [9.17, 15) is 13.7 Å². The van der Waals surface area contributed by atoms with Gasteiger partial charge in [-0.3, -0.25) is 0 Å². The van der Waals surface area contributed by atoms with Crippen molar-refractivity contribution in [1.29, 1.82) is 5.26 Å². The Labute approximate surface area is 165 Å². The van der Waals surface area contributed by atoms with Crippen LogP contribution in [0.5, 0.6) is 0 Å². The number of nitrogens with one attached hydrogen (secondary N) is 1. The topological polar surface area (TPSA) is 73.2 Å². The number of piperazine rings is 1. The fourth-order valence-corrected chi connectivity index (χ4v) is 5.19. The van der Waals surface area contributed by atoms with Crippen LogP contribution in [-0.2, 0) is 10.0 Å². The lowest BCUT2D eigenvalue weighted by molar-refractivity contribution is 0.271. The van der Waals surface area contributed by atoms with Gasteiger partial charge in [-0.05, 0) is 30.2 Å². The minimum atomic E-state index is -3.83. The van der Waals surface area contributed by atoms with Crippen LogP contribution in [0.1, 0.15) is 22.7 Å². The number of benzene rings is 2. The third-order valence-corrected chi connectivity index (χ3v) is 6.69. The van der Waals surface area contributed by atoms with Crippen LogP contribution in [0.15, 0.2) is 47.4 Å². The number of nitriles is 1. The molecule has 1 atom stereocenters. The van der Waals surface area contributed by atoms with Crippen LogP contribution in [0, 0.1) is 18.3 Å². The van der Waals surface area contributed by atoms with E-state index in [-0.39, 0.29) is 22.9 Å². The molecule has 2 aromatic rings. The summed E-state index contributed by atoms with van der Waals surface area (Å²) >= 11 is 6.30. The van der Waals surface area contributed by atoms with E-state index in [0.29, 0.717) is 30.2 Å². The molecular formula is C18H19Cl2N3O2S. The highest BCUT2D eigenvalue weighted by Crippen LogP contribution is 2.33. The highest BCUT2D eigenvalue weighted by molar-refractivity contribution is 7.89. The van der Waals surface area contributed by atoms with E-state index in [1.165, 1.54) is 10.4 Å². The molecule has 1 heterocycles. The third kappa shape index (κ3) is 3.73. The maximum atomic E-state index is 13.3. The van der Waals surface area contributed by atoms with E-state index < -0.39 is 16.1 Å². The SMILES string of the molecule is Cc1cccc(S(=O)(=O)N2CCNCC2c2ccccc2Cl)c1C#N.Cl. The van der Waals surface area contributed by atoms with Crippen molar-refractivity contribution in [2.45, 2.75) is 17.9 Å². The second kappa shape index (κ2) is 8.38. The van der Waals surface area contributed by atoms with Gasteiger partial charge in [0.15, 0.2) is 0 Å². The minimum Gasteiger partial charge on any atom is -0.313 e. The van der Waals surface area contributed by atoms with Gasteiger partial charge in [-0.1, -0.05) is 41.9 Å². The molecule has 1 N–H and O–H groups in total. The average molecular weight is 412 g/mol. The molecule has 0 saturated carbocycles. The smallest absolute Gasteiger partial charge is 0.245 e. The Morgan fingerprint density at radius 3 is 2.65 bits per heavy atom. The van der Waals surface area contributed by atoms with E-state index in [4.69, 9.17) is 11.6 Å². The maximum absolute atomic E-state index is 13.3. The van der Waals surface area contributed by atoms with E-state index in [1.54, 1.807) is 25.1 Å². The van der Waals surface area contributed by atoms with Crippen LogP contribution < -0.4 is 5.32 Å². The molecule has 1 aliphatic rings. The molecule has 0 aliphatic carbocycles. The Bertz CT molecular complexity index is 942. The van der Waals surface area contributed by atoms with Crippen LogP contribution in [0.4, 0.5) is 0 Å². The van der Waals surface area contributed by atoms with E-state index >= 15 is 0 Å². The number of hydrogen-bond acceptors (Lipinski definition) is 4. The summed E-state index contributed by atoms with van der Waals surface area (Å²) in [6, 6.07) is 13.7. The standard InChI is InChI=1S/C18H18ClN3O2S.ClH/c1-13-5-4-8-18(15(13)11-20)25(23,24)22-10-9-21-12-17(22)14-6-2-3-7-16(14)19;/h2-8,17,21H,9-10,12H2,1H3;1H. The molecule has 0 aromatic heterocycles. The lowest BCUT2D eigenvalue weighted by Gasteiger charge is -2.36. The molecular weight excluding hydrogens is 393 g/mol. The van der Waals surface area contributed by atoms with Crippen molar-refractivity contribution in [2.24, 2.45) is 0 Å². The molecule has 1 saturated heterocycles. The van der Waals surface area contributed by atoms with Crippen molar-refractivity contribution in [3.8, 4) is 6.07 Å². The molecule has 8 heteroatoms. The number of hydrogen-bond donors (Lipinski definition) is 1. The van der Waals surface area contributed by atoms with E-state index in [2.05, 4.69) is 5.32 Å². The fourth-order valence-electron chi connectivity index (χ4n) is 3.11. The molecule has 0 amide bonds. The summed E-state index contributed by atoms with van der Waals surface area (Å²) in [6.45, 7) is 3.07. The Kier molecular flexibility index (Phi) is 6.67. The van der Waals surface area contributed by atoms with Gasteiger partial charge in [-0.2, -0.15) is 9.57 Å². The lowest BCUT2D eigenvalue weighted by Crippen LogP contribution is -2.48. The minimum absolute atomic E-state index is 0. The molecule has 0 spiro atoms. The fraction of sp³-hybridized carbons (Fsp3) is 0.278. The first-order valence-corrected chi connectivity index (χ1v) is 9.75. The summed E-state index contributed by atoms with van der Waals surface area (Å²) < 4.78 is 28.1. The van der Waals surface area contributed by atoms with Gasteiger partial charge in [-0.25, -0.2) is 8.42 Å². The zero-order chi connectivity index (χ0) is 18.0. The van der Waals surface area contributed by atoms with Crippen LogP contribution in [0.25, 0.3) is 0 Å². The van der Waals surface area contributed by atoms with Gasteiger partial charge in [-0.15, -0.1) is 12.4 Å². The molecule has 0 radical (unpaired) electrons. The first-order valence-electron chi connectivity index (χ1n) is 7.93. The summed E-state index contributed by atoms with van der Waals surface area (Å²) in [7, 11) is -3.83. The van der Waals surface area contributed by atoms with Crippen molar-refractivity contribution in [1.82, 2.24) is 9.62 Å². The average Bonchev–Trinajstić information content (AvgIpc) is 2.62. The highest BCUT2D eigenvalue weighted by Gasteiger charge is 2.36. The summed E-state index contributed by atoms with van der Waals surface area (Å²) in [5.41, 5.74) is 1.60. The number of nitrogens with zero attached hydrogens (tertiary/aromatic N) is 2. The van der Waals surface area contributed by atoms with Gasteiger partial charge in [0.05, 0.1) is 11.6 Å². The van der Waals surface area contributed by atoms with Gasteiger partial charge in [0.1, 0.15) is 11.0 Å². The van der Waals surface area contributed by atoms with Crippen LogP contribution >= 0.6 is 24.0 Å². The number of aryl methyl sites for hydroxylation is 1. The number of halogens is 2. The molecule has 0 bridgehead atoms. The third-order valence-electron chi connectivity index (χ3n) is 4.39. The van der Waals surface area contributed by atoms with Gasteiger partial charge in [0.25, 0.3) is 0 Å². The molecule has 5 nitrogen and oxygen atoms in total. The second-order valence-corrected chi connectivity index (χ2v) is 8.18. The zero-order valence-electron chi connectivity index (χ0n) is 14.1. The molecule has 3 rings (SSSR count). The van der Waals surface area contributed by atoms with Crippen molar-refractivity contribution >= 4 is 34.0 Å². The molecule has 1 unspecified atom stereocenters. The Morgan fingerprint density at radius 2 is 1.96 bits per heavy atom. The van der Waals surface area contributed by atoms with Crippen molar-refractivity contribution < 1.29 is 8.42 Å². The predicted octanol–water partition coefficient (Wildman–Crippen LogP) is 3.28.